The molecule has 3 heterocycles. The molecule has 9 heteroatoms. The van der Waals surface area contributed by atoms with E-state index >= 15 is 0 Å². The van der Waals surface area contributed by atoms with E-state index in [1.807, 2.05) is 60.7 Å². The molecule has 29 heavy (non-hydrogen) atoms. The van der Waals surface area contributed by atoms with E-state index < -0.39 is 10.0 Å². The maximum Gasteiger partial charge on any atom is 0.225 e. The first-order valence-corrected chi connectivity index (χ1v) is 11.5. The molecule has 1 unspecified atom stereocenters. The number of carbonyl (C=O) groups is 1. The van der Waals surface area contributed by atoms with E-state index in [0.717, 1.165) is 11.4 Å². The second kappa shape index (κ2) is 7.21. The molecule has 1 atom stereocenters. The van der Waals surface area contributed by atoms with Crippen LogP contribution in [-0.2, 0) is 27.6 Å². The summed E-state index contributed by atoms with van der Waals surface area (Å²) in [6.07, 6.45) is 1.65. The van der Waals surface area contributed by atoms with Crippen molar-refractivity contribution >= 4 is 15.9 Å². The van der Waals surface area contributed by atoms with Gasteiger partial charge in [0, 0.05) is 50.5 Å². The molecule has 1 aromatic heterocycles. The first-order chi connectivity index (χ1) is 13.7. The molecule has 2 aliphatic heterocycles. The number of hydrogen-bond donors (Lipinski definition) is 0. The first-order valence-electron chi connectivity index (χ1n) is 9.86. The van der Waals surface area contributed by atoms with Crippen LogP contribution in [0.2, 0.25) is 0 Å². The number of benzene rings is 1. The van der Waals surface area contributed by atoms with Gasteiger partial charge in [-0.3, -0.25) is 4.79 Å². The van der Waals surface area contributed by atoms with Gasteiger partial charge in [0.05, 0.1) is 5.75 Å². The van der Waals surface area contributed by atoms with Crippen molar-refractivity contribution in [2.24, 2.45) is 18.4 Å². The minimum absolute atomic E-state index is 0.00676. The Kier molecular flexibility index (Phi) is 4.98. The second-order valence-electron chi connectivity index (χ2n) is 8.60. The van der Waals surface area contributed by atoms with E-state index in [2.05, 4.69) is 10.2 Å². The zero-order chi connectivity index (χ0) is 20.8. The van der Waals surface area contributed by atoms with Gasteiger partial charge in [-0.15, -0.1) is 10.2 Å². The lowest BCUT2D eigenvalue weighted by molar-refractivity contribution is -0.134. The smallest absolute Gasteiger partial charge is 0.225 e. The summed E-state index contributed by atoms with van der Waals surface area (Å²) in [5, 5.41) is 8.27. The number of likely N-dealkylation sites (tertiary alicyclic amines) is 1. The lowest BCUT2D eigenvalue weighted by Crippen LogP contribution is -2.61. The van der Waals surface area contributed by atoms with Crippen LogP contribution < -0.4 is 0 Å². The molecule has 1 spiro atoms. The van der Waals surface area contributed by atoms with Crippen LogP contribution in [0.4, 0.5) is 0 Å². The summed E-state index contributed by atoms with van der Waals surface area (Å²) in [6, 6.07) is 9.22. The number of aromatic nitrogens is 3. The van der Waals surface area contributed by atoms with Crippen LogP contribution in [0.25, 0.3) is 0 Å². The molecule has 2 fully saturated rings. The normalized spacial score (nSPS) is 21.7. The van der Waals surface area contributed by atoms with Crippen LogP contribution in [0.1, 0.15) is 31.2 Å². The van der Waals surface area contributed by atoms with Gasteiger partial charge in [-0.25, -0.2) is 12.7 Å². The number of hydrogen-bond acceptors (Lipinski definition) is 5. The van der Waals surface area contributed by atoms with Gasteiger partial charge >= 0.3 is 0 Å². The summed E-state index contributed by atoms with van der Waals surface area (Å²) in [6.45, 7) is 5.70. The molecule has 8 nitrogen and oxygen atoms in total. The fourth-order valence-corrected chi connectivity index (χ4v) is 6.22. The molecule has 1 aromatic carbocycles. The topological polar surface area (TPSA) is 88.4 Å². The monoisotopic (exact) mass is 417 g/mol. The molecule has 0 bridgehead atoms. The fourth-order valence-electron chi connectivity index (χ4n) is 4.51. The molecule has 0 N–H and O–H groups in total. The van der Waals surface area contributed by atoms with Crippen molar-refractivity contribution in [1.29, 1.82) is 0 Å². The SMILES string of the molecule is CC(C)C(=O)N1CC(c2nncn2C)C2(C1)CN(S(=O)(=O)Cc1ccccc1)C2. The summed E-state index contributed by atoms with van der Waals surface area (Å²) in [4.78, 5) is 14.5. The Balaban J connectivity index is 1.56. The summed E-state index contributed by atoms with van der Waals surface area (Å²) < 4.78 is 29.3. The quantitative estimate of drug-likeness (QED) is 0.730. The summed E-state index contributed by atoms with van der Waals surface area (Å²) in [7, 11) is -1.52. The first kappa shape index (κ1) is 20.0. The Morgan fingerprint density at radius 1 is 1.21 bits per heavy atom. The van der Waals surface area contributed by atoms with Crippen LogP contribution in [0.5, 0.6) is 0 Å². The molecular weight excluding hydrogens is 390 g/mol. The minimum atomic E-state index is -3.41. The van der Waals surface area contributed by atoms with E-state index in [4.69, 9.17) is 0 Å². The lowest BCUT2D eigenvalue weighted by atomic mass is 9.72. The predicted octanol–water partition coefficient (Wildman–Crippen LogP) is 1.23. The van der Waals surface area contributed by atoms with Gasteiger partial charge in [-0.1, -0.05) is 44.2 Å². The molecule has 1 amide bonds. The Bertz CT molecular complexity index is 996. The highest BCUT2D eigenvalue weighted by atomic mass is 32.2. The Morgan fingerprint density at radius 3 is 2.48 bits per heavy atom. The number of aryl methyl sites for hydroxylation is 1. The van der Waals surface area contributed by atoms with Crippen LogP contribution in [0.15, 0.2) is 36.7 Å². The number of amides is 1. The van der Waals surface area contributed by atoms with Crippen LogP contribution in [-0.4, -0.2) is 64.5 Å². The zero-order valence-corrected chi connectivity index (χ0v) is 17.8. The molecular formula is C20H27N5O3S. The lowest BCUT2D eigenvalue weighted by Gasteiger charge is -2.49. The van der Waals surface area contributed by atoms with Gasteiger partial charge in [-0.2, -0.15) is 0 Å². The van der Waals surface area contributed by atoms with E-state index in [1.165, 1.54) is 0 Å². The third-order valence-electron chi connectivity index (χ3n) is 6.08. The van der Waals surface area contributed by atoms with Gasteiger partial charge in [0.25, 0.3) is 0 Å². The van der Waals surface area contributed by atoms with Crippen molar-refractivity contribution in [3.05, 3.63) is 48.0 Å². The largest absolute Gasteiger partial charge is 0.341 e. The summed E-state index contributed by atoms with van der Waals surface area (Å²) in [5.41, 5.74) is 0.469. The number of nitrogens with zero attached hydrogens (tertiary/aromatic N) is 5. The molecule has 0 saturated carbocycles. The highest BCUT2D eigenvalue weighted by molar-refractivity contribution is 7.88. The van der Waals surface area contributed by atoms with E-state index in [0.29, 0.717) is 26.2 Å². The Hall–Kier alpha value is -2.26. The average Bonchev–Trinajstić information content (AvgIpc) is 3.23. The van der Waals surface area contributed by atoms with Crippen molar-refractivity contribution in [2.45, 2.75) is 25.5 Å². The molecule has 4 rings (SSSR count). The van der Waals surface area contributed by atoms with Gasteiger partial charge in [0.15, 0.2) is 0 Å². The molecule has 2 saturated heterocycles. The summed E-state index contributed by atoms with van der Waals surface area (Å²) in [5.74, 6) is 0.778. The Morgan fingerprint density at radius 2 is 1.90 bits per heavy atom. The summed E-state index contributed by atoms with van der Waals surface area (Å²) >= 11 is 0. The van der Waals surface area contributed by atoms with Gasteiger partial charge in [0.1, 0.15) is 12.2 Å². The van der Waals surface area contributed by atoms with Crippen molar-refractivity contribution in [3.8, 4) is 0 Å². The zero-order valence-electron chi connectivity index (χ0n) is 17.0. The van der Waals surface area contributed by atoms with Crippen molar-refractivity contribution in [3.63, 3.8) is 0 Å². The van der Waals surface area contributed by atoms with E-state index in [1.54, 1.807) is 10.6 Å². The number of sulfonamides is 1. The third kappa shape index (κ3) is 3.57. The molecule has 156 valence electrons. The van der Waals surface area contributed by atoms with Crippen LogP contribution >= 0.6 is 0 Å². The Labute approximate surface area is 171 Å². The number of rotatable bonds is 5. The average molecular weight is 418 g/mol. The molecule has 0 aliphatic carbocycles. The predicted molar refractivity (Wildman–Crippen MR) is 108 cm³/mol. The van der Waals surface area contributed by atoms with Gasteiger partial charge < -0.3 is 9.47 Å². The van der Waals surface area contributed by atoms with Gasteiger partial charge in [0.2, 0.25) is 15.9 Å². The molecule has 2 aromatic rings. The molecule has 0 radical (unpaired) electrons. The third-order valence-corrected chi connectivity index (χ3v) is 7.82. The maximum atomic E-state index is 12.9. The van der Waals surface area contributed by atoms with E-state index in [-0.39, 0.29) is 28.9 Å². The minimum Gasteiger partial charge on any atom is -0.341 e. The van der Waals surface area contributed by atoms with Crippen molar-refractivity contribution < 1.29 is 13.2 Å². The van der Waals surface area contributed by atoms with Crippen LogP contribution in [0.3, 0.4) is 0 Å². The van der Waals surface area contributed by atoms with Crippen molar-refractivity contribution in [1.82, 2.24) is 24.0 Å². The van der Waals surface area contributed by atoms with Crippen molar-refractivity contribution in [2.75, 3.05) is 26.2 Å². The standard InChI is InChI=1S/C20H27N5O3S/c1-15(2)19(26)24-9-17(18-22-21-14-23(18)3)20(11-24)12-25(13-20)29(27,28)10-16-7-5-4-6-8-16/h4-8,14-15,17H,9-13H2,1-3H3. The van der Waals surface area contributed by atoms with Crippen LogP contribution in [0, 0.1) is 11.3 Å². The highest BCUT2D eigenvalue weighted by Gasteiger charge is 2.59. The molecule has 2 aliphatic rings. The maximum absolute atomic E-state index is 12.9. The second-order valence-corrected chi connectivity index (χ2v) is 10.6. The van der Waals surface area contributed by atoms with E-state index in [9.17, 15) is 13.2 Å². The fraction of sp³-hybridized carbons (Fsp3) is 0.550. The number of carbonyl (C=O) groups excluding carboxylic acids is 1. The highest BCUT2D eigenvalue weighted by Crippen LogP contribution is 2.49. The van der Waals surface area contributed by atoms with Gasteiger partial charge in [-0.05, 0) is 5.56 Å².